The van der Waals surface area contributed by atoms with E-state index >= 15 is 0 Å². The molecule has 128 valence electrons. The highest BCUT2D eigenvalue weighted by Gasteiger charge is 2.35. The minimum absolute atomic E-state index is 0.198. The zero-order valence-corrected chi connectivity index (χ0v) is 15.2. The van der Waals surface area contributed by atoms with E-state index in [1.54, 1.807) is 6.07 Å². The van der Waals surface area contributed by atoms with Crippen LogP contribution in [0, 0.1) is 0 Å². The predicted octanol–water partition coefficient (Wildman–Crippen LogP) is 5.34. The summed E-state index contributed by atoms with van der Waals surface area (Å²) >= 11 is 18.6. The largest absolute Gasteiger partial charge is 0.494 e. The third kappa shape index (κ3) is 3.94. The van der Waals surface area contributed by atoms with Gasteiger partial charge in [-0.1, -0.05) is 40.9 Å². The maximum absolute atomic E-state index is 6.19. The Labute approximate surface area is 155 Å². The molecule has 0 aliphatic carbocycles. The van der Waals surface area contributed by atoms with Crippen molar-refractivity contribution >= 4 is 40.5 Å². The molecular weight excluding hydrogens is 373 g/mol. The van der Waals surface area contributed by atoms with E-state index in [0.29, 0.717) is 18.1 Å². The molecule has 0 radical (unpaired) electrons. The number of anilines is 1. The molecule has 1 N–H and O–H groups in total. The van der Waals surface area contributed by atoms with E-state index in [1.165, 1.54) is 0 Å². The van der Waals surface area contributed by atoms with E-state index in [9.17, 15) is 0 Å². The average molecular weight is 389 g/mol. The molecule has 1 atom stereocenters. The maximum atomic E-state index is 6.19. The fourth-order valence-corrected chi connectivity index (χ4v) is 2.97. The van der Waals surface area contributed by atoms with E-state index in [0.717, 1.165) is 17.0 Å². The zero-order chi connectivity index (χ0) is 17.2. The van der Waals surface area contributed by atoms with Gasteiger partial charge in [-0.15, -0.1) is 0 Å². The van der Waals surface area contributed by atoms with E-state index in [2.05, 4.69) is 5.32 Å². The summed E-state index contributed by atoms with van der Waals surface area (Å²) in [5.74, 6) is 2.11. The number of nitrogens with one attached hydrogen (secondary N) is 1. The highest BCUT2D eigenvalue weighted by Crippen LogP contribution is 2.44. The summed E-state index contributed by atoms with van der Waals surface area (Å²) in [5, 5.41) is 3.25. The third-order valence-corrected chi connectivity index (χ3v) is 4.19. The van der Waals surface area contributed by atoms with Crippen molar-refractivity contribution in [1.29, 1.82) is 0 Å². The normalized spacial score (nSPS) is 14.3. The summed E-state index contributed by atoms with van der Waals surface area (Å²) < 4.78 is 14.6. The Hall–Kier alpha value is -1.49. The van der Waals surface area contributed by atoms with Gasteiger partial charge in [-0.2, -0.15) is 0 Å². The molecule has 1 unspecified atom stereocenters. The van der Waals surface area contributed by atoms with Crippen LogP contribution in [-0.2, 0) is 0 Å². The third-order valence-electron chi connectivity index (χ3n) is 3.53. The molecule has 0 aromatic heterocycles. The fourth-order valence-electron chi connectivity index (χ4n) is 2.43. The van der Waals surface area contributed by atoms with Crippen LogP contribution in [0.25, 0.3) is 0 Å². The second-order valence-electron chi connectivity index (χ2n) is 5.19. The topological polar surface area (TPSA) is 39.7 Å². The Kier molecular flexibility index (Phi) is 5.18. The molecular formula is C17H16Cl3NO3. The second-order valence-corrected chi connectivity index (χ2v) is 7.56. The Morgan fingerprint density at radius 3 is 2.46 bits per heavy atom. The van der Waals surface area contributed by atoms with Gasteiger partial charge in [0.2, 0.25) is 10.6 Å². The van der Waals surface area contributed by atoms with Gasteiger partial charge in [0.25, 0.3) is 0 Å². The van der Waals surface area contributed by atoms with Crippen LogP contribution in [0.4, 0.5) is 5.69 Å². The lowest BCUT2D eigenvalue weighted by Gasteiger charge is -2.27. The van der Waals surface area contributed by atoms with Gasteiger partial charge >= 0.3 is 0 Å². The standard InChI is InChI=1S/C17H16Cl3NO3/c1-2-22-13-6-4-12(5-7-13)21-16(17(18,19)20)11-3-8-14-15(9-11)24-10-23-14/h3-9,16,21H,2,10H2,1H3. The highest BCUT2D eigenvalue weighted by atomic mass is 35.6. The number of ether oxygens (including phenoxy) is 3. The van der Waals surface area contributed by atoms with Gasteiger partial charge in [0, 0.05) is 5.69 Å². The molecule has 0 bridgehead atoms. The van der Waals surface area contributed by atoms with Crippen LogP contribution < -0.4 is 19.5 Å². The monoisotopic (exact) mass is 387 g/mol. The summed E-state index contributed by atoms with van der Waals surface area (Å²) in [6, 6.07) is 12.4. The van der Waals surface area contributed by atoms with Crippen molar-refractivity contribution < 1.29 is 14.2 Å². The first-order valence-corrected chi connectivity index (χ1v) is 8.56. The number of alkyl halides is 3. The summed E-state index contributed by atoms with van der Waals surface area (Å²) in [4.78, 5) is 0. The average Bonchev–Trinajstić information content (AvgIpc) is 3.01. The van der Waals surface area contributed by atoms with Gasteiger partial charge in [0.05, 0.1) is 12.6 Å². The number of rotatable bonds is 5. The van der Waals surface area contributed by atoms with Crippen molar-refractivity contribution in [2.75, 3.05) is 18.7 Å². The van der Waals surface area contributed by atoms with Crippen molar-refractivity contribution in [2.24, 2.45) is 0 Å². The molecule has 2 aromatic rings. The first-order chi connectivity index (χ1) is 11.5. The molecule has 0 saturated heterocycles. The summed E-state index contributed by atoms with van der Waals surface area (Å²) in [5.41, 5.74) is 1.60. The molecule has 1 heterocycles. The van der Waals surface area contributed by atoms with Crippen LogP contribution in [0.15, 0.2) is 42.5 Å². The quantitative estimate of drug-likeness (QED) is 0.702. The van der Waals surface area contributed by atoms with Crippen molar-refractivity contribution in [2.45, 2.75) is 16.8 Å². The smallest absolute Gasteiger partial charge is 0.231 e. The van der Waals surface area contributed by atoms with Crippen molar-refractivity contribution in [3.05, 3.63) is 48.0 Å². The highest BCUT2D eigenvalue weighted by molar-refractivity contribution is 6.68. The number of hydrogen-bond acceptors (Lipinski definition) is 4. The lowest BCUT2D eigenvalue weighted by Crippen LogP contribution is -2.25. The Bertz CT molecular complexity index is 701. The van der Waals surface area contributed by atoms with Gasteiger partial charge in [0.1, 0.15) is 5.75 Å². The van der Waals surface area contributed by atoms with Gasteiger partial charge < -0.3 is 19.5 Å². The lowest BCUT2D eigenvalue weighted by molar-refractivity contribution is 0.174. The summed E-state index contributed by atoms with van der Waals surface area (Å²) in [6.07, 6.45) is 0. The van der Waals surface area contributed by atoms with Crippen LogP contribution >= 0.6 is 34.8 Å². The van der Waals surface area contributed by atoms with E-state index in [4.69, 9.17) is 49.0 Å². The van der Waals surface area contributed by atoms with Crippen molar-refractivity contribution in [1.82, 2.24) is 0 Å². The van der Waals surface area contributed by atoms with E-state index in [-0.39, 0.29) is 6.79 Å². The second kappa shape index (κ2) is 7.18. The first kappa shape index (κ1) is 17.3. The zero-order valence-electron chi connectivity index (χ0n) is 12.9. The van der Waals surface area contributed by atoms with Gasteiger partial charge in [-0.25, -0.2) is 0 Å². The minimum Gasteiger partial charge on any atom is -0.494 e. The summed E-state index contributed by atoms with van der Waals surface area (Å²) in [7, 11) is 0. The van der Waals surface area contributed by atoms with E-state index in [1.807, 2.05) is 43.3 Å². The molecule has 3 rings (SSSR count). The predicted molar refractivity (Wildman–Crippen MR) is 96.8 cm³/mol. The molecule has 1 aliphatic rings. The molecule has 1 aliphatic heterocycles. The van der Waals surface area contributed by atoms with E-state index < -0.39 is 9.83 Å². The molecule has 0 amide bonds. The lowest BCUT2D eigenvalue weighted by atomic mass is 10.1. The van der Waals surface area contributed by atoms with Gasteiger partial charge in [-0.05, 0) is 48.9 Å². The van der Waals surface area contributed by atoms with Crippen LogP contribution in [-0.4, -0.2) is 17.2 Å². The van der Waals surface area contributed by atoms with Crippen molar-refractivity contribution in [3.8, 4) is 17.2 Å². The maximum Gasteiger partial charge on any atom is 0.231 e. The molecule has 2 aromatic carbocycles. The Balaban J connectivity index is 1.84. The fraction of sp³-hybridized carbons (Fsp3) is 0.294. The van der Waals surface area contributed by atoms with Gasteiger partial charge in [0.15, 0.2) is 11.5 Å². The first-order valence-electron chi connectivity index (χ1n) is 7.43. The van der Waals surface area contributed by atoms with Gasteiger partial charge in [-0.3, -0.25) is 0 Å². The minimum atomic E-state index is -1.55. The SMILES string of the molecule is CCOc1ccc(NC(c2ccc3c(c2)OCO3)C(Cl)(Cl)Cl)cc1. The molecule has 0 fully saturated rings. The number of fused-ring (bicyclic) bond motifs is 1. The van der Waals surface area contributed by atoms with Crippen LogP contribution in [0.5, 0.6) is 17.2 Å². The Morgan fingerprint density at radius 2 is 1.79 bits per heavy atom. The van der Waals surface area contributed by atoms with Crippen LogP contribution in [0.2, 0.25) is 0 Å². The molecule has 24 heavy (non-hydrogen) atoms. The van der Waals surface area contributed by atoms with Crippen LogP contribution in [0.1, 0.15) is 18.5 Å². The van der Waals surface area contributed by atoms with Crippen LogP contribution in [0.3, 0.4) is 0 Å². The van der Waals surface area contributed by atoms with Crippen molar-refractivity contribution in [3.63, 3.8) is 0 Å². The molecule has 0 spiro atoms. The number of halogens is 3. The Morgan fingerprint density at radius 1 is 1.08 bits per heavy atom. The molecule has 7 heteroatoms. The number of benzene rings is 2. The molecule has 0 saturated carbocycles. The molecule has 4 nitrogen and oxygen atoms in total. The summed E-state index contributed by atoms with van der Waals surface area (Å²) in [6.45, 7) is 2.74. The number of hydrogen-bond donors (Lipinski definition) is 1.